The fourth-order valence-corrected chi connectivity index (χ4v) is 1.42. The van der Waals surface area contributed by atoms with Gasteiger partial charge in [-0.2, -0.15) is 0 Å². The Balaban J connectivity index is 2.82. The van der Waals surface area contributed by atoms with Gasteiger partial charge < -0.3 is 16.4 Å². The van der Waals surface area contributed by atoms with Crippen LogP contribution in [0.1, 0.15) is 12.5 Å². The summed E-state index contributed by atoms with van der Waals surface area (Å²) >= 11 is 0. The van der Waals surface area contributed by atoms with Gasteiger partial charge in [0.15, 0.2) is 0 Å². The molecule has 5 heteroatoms. The van der Waals surface area contributed by atoms with Gasteiger partial charge in [0.2, 0.25) is 11.8 Å². The van der Waals surface area contributed by atoms with Gasteiger partial charge in [-0.15, -0.1) is 0 Å². The average molecular weight is 249 g/mol. The van der Waals surface area contributed by atoms with Gasteiger partial charge in [-0.3, -0.25) is 9.59 Å². The normalized spacial score (nSPS) is 11.7. The lowest BCUT2D eigenvalue weighted by atomic mass is 10.1. The molecule has 5 nitrogen and oxygen atoms in total. The first-order valence-electron chi connectivity index (χ1n) is 5.88. The topological polar surface area (TPSA) is 84.2 Å². The molecular weight excluding hydrogens is 230 g/mol. The molecule has 0 fully saturated rings. The van der Waals surface area contributed by atoms with Crippen LogP contribution in [0.25, 0.3) is 0 Å². The Morgan fingerprint density at radius 3 is 2.61 bits per heavy atom. The third-order valence-electron chi connectivity index (χ3n) is 2.71. The highest BCUT2D eigenvalue weighted by atomic mass is 16.2. The standard InChI is InChI=1S/C13H19N3O2/c1-9(8-14)13(18)16-11-6-4-3-5-10(11)7-12(17)15-2/h3-6,9H,7-8,14H2,1-2H3,(H,15,17)(H,16,18). The van der Waals surface area contributed by atoms with Crippen LogP contribution in [0.15, 0.2) is 24.3 Å². The van der Waals surface area contributed by atoms with Gasteiger partial charge in [-0.05, 0) is 11.6 Å². The lowest BCUT2D eigenvalue weighted by molar-refractivity contribution is -0.120. The van der Waals surface area contributed by atoms with Crippen LogP contribution in [0.4, 0.5) is 5.69 Å². The first-order valence-corrected chi connectivity index (χ1v) is 5.88. The van der Waals surface area contributed by atoms with Gasteiger partial charge in [-0.25, -0.2) is 0 Å². The van der Waals surface area contributed by atoms with Crippen molar-refractivity contribution in [2.45, 2.75) is 13.3 Å². The van der Waals surface area contributed by atoms with Gasteiger partial charge in [0.25, 0.3) is 0 Å². The summed E-state index contributed by atoms with van der Waals surface area (Å²) < 4.78 is 0. The fourth-order valence-electron chi connectivity index (χ4n) is 1.42. The van der Waals surface area contributed by atoms with Crippen molar-refractivity contribution in [3.63, 3.8) is 0 Å². The molecule has 1 aromatic carbocycles. The smallest absolute Gasteiger partial charge is 0.228 e. The number of rotatable bonds is 5. The molecule has 0 aliphatic heterocycles. The van der Waals surface area contributed by atoms with Gasteiger partial charge in [0, 0.05) is 25.2 Å². The molecule has 0 bridgehead atoms. The molecule has 0 aliphatic rings. The Morgan fingerprint density at radius 1 is 1.33 bits per heavy atom. The highest BCUT2D eigenvalue weighted by Crippen LogP contribution is 2.16. The van der Waals surface area contributed by atoms with Crippen LogP contribution in [0, 0.1) is 5.92 Å². The van der Waals surface area contributed by atoms with Crippen LogP contribution in [0.5, 0.6) is 0 Å². The maximum Gasteiger partial charge on any atom is 0.228 e. The minimum absolute atomic E-state index is 0.0939. The molecule has 0 spiro atoms. The molecule has 0 aliphatic carbocycles. The van der Waals surface area contributed by atoms with Crippen molar-refractivity contribution in [2.75, 3.05) is 18.9 Å². The minimum Gasteiger partial charge on any atom is -0.359 e. The zero-order valence-electron chi connectivity index (χ0n) is 10.7. The molecule has 98 valence electrons. The zero-order valence-corrected chi connectivity index (χ0v) is 10.7. The van der Waals surface area contributed by atoms with E-state index in [9.17, 15) is 9.59 Å². The van der Waals surface area contributed by atoms with Crippen molar-refractivity contribution in [1.29, 1.82) is 0 Å². The number of benzene rings is 1. The number of nitrogens with one attached hydrogen (secondary N) is 2. The summed E-state index contributed by atoms with van der Waals surface area (Å²) in [4.78, 5) is 23.1. The third kappa shape index (κ3) is 3.85. The molecule has 0 aromatic heterocycles. The van der Waals surface area contributed by atoms with Crippen LogP contribution >= 0.6 is 0 Å². The summed E-state index contributed by atoms with van der Waals surface area (Å²) in [6.07, 6.45) is 0.240. The van der Waals surface area contributed by atoms with Crippen molar-refractivity contribution in [1.82, 2.24) is 5.32 Å². The van der Waals surface area contributed by atoms with Crippen molar-refractivity contribution in [3.05, 3.63) is 29.8 Å². The maximum absolute atomic E-state index is 11.8. The van der Waals surface area contributed by atoms with Crippen molar-refractivity contribution >= 4 is 17.5 Å². The van der Waals surface area contributed by atoms with E-state index in [1.54, 1.807) is 20.0 Å². The number of carbonyl (C=O) groups is 2. The molecule has 0 saturated carbocycles. The fraction of sp³-hybridized carbons (Fsp3) is 0.385. The third-order valence-corrected chi connectivity index (χ3v) is 2.71. The first-order chi connectivity index (χ1) is 8.58. The summed E-state index contributed by atoms with van der Waals surface area (Å²) in [5.41, 5.74) is 6.89. The number of hydrogen-bond donors (Lipinski definition) is 3. The summed E-state index contributed by atoms with van der Waals surface area (Å²) in [5, 5.41) is 5.35. The van der Waals surface area contributed by atoms with Gasteiger partial charge in [0.05, 0.1) is 6.42 Å². The molecule has 2 amide bonds. The summed E-state index contributed by atoms with van der Waals surface area (Å²) in [6.45, 7) is 2.06. The van der Waals surface area contributed by atoms with Crippen molar-refractivity contribution in [3.8, 4) is 0 Å². The van der Waals surface area contributed by atoms with Crippen LogP contribution < -0.4 is 16.4 Å². The Labute approximate surface area is 107 Å². The molecule has 1 atom stereocenters. The number of amides is 2. The molecule has 1 rings (SSSR count). The Bertz CT molecular complexity index is 432. The molecule has 18 heavy (non-hydrogen) atoms. The number of para-hydroxylation sites is 1. The number of hydrogen-bond acceptors (Lipinski definition) is 3. The molecule has 0 heterocycles. The summed E-state index contributed by atoms with van der Waals surface area (Å²) in [6, 6.07) is 7.24. The second-order valence-corrected chi connectivity index (χ2v) is 4.13. The molecule has 4 N–H and O–H groups in total. The number of likely N-dealkylation sites (N-methyl/N-ethyl adjacent to an activating group) is 1. The van der Waals surface area contributed by atoms with E-state index in [0.29, 0.717) is 12.2 Å². The van der Waals surface area contributed by atoms with Crippen LogP contribution in [-0.2, 0) is 16.0 Å². The lowest BCUT2D eigenvalue weighted by Gasteiger charge is -2.13. The number of anilines is 1. The molecular formula is C13H19N3O2. The number of carbonyl (C=O) groups excluding carboxylic acids is 2. The second kappa shape index (κ2) is 6.76. The van der Waals surface area contributed by atoms with Crippen molar-refractivity contribution in [2.24, 2.45) is 11.7 Å². The van der Waals surface area contributed by atoms with E-state index in [1.165, 1.54) is 0 Å². The lowest BCUT2D eigenvalue weighted by Crippen LogP contribution is -2.27. The predicted molar refractivity (Wildman–Crippen MR) is 71.1 cm³/mol. The van der Waals surface area contributed by atoms with Crippen LogP contribution in [-0.4, -0.2) is 25.4 Å². The Kier molecular flexibility index (Phi) is 5.32. The van der Waals surface area contributed by atoms with E-state index in [0.717, 1.165) is 5.56 Å². The van der Waals surface area contributed by atoms with E-state index in [4.69, 9.17) is 5.73 Å². The van der Waals surface area contributed by atoms with Crippen molar-refractivity contribution < 1.29 is 9.59 Å². The minimum atomic E-state index is -0.252. The monoisotopic (exact) mass is 249 g/mol. The van der Waals surface area contributed by atoms with Gasteiger partial charge >= 0.3 is 0 Å². The van der Waals surface area contributed by atoms with E-state index >= 15 is 0 Å². The van der Waals surface area contributed by atoms with Gasteiger partial charge in [0.1, 0.15) is 0 Å². The maximum atomic E-state index is 11.8. The van der Waals surface area contributed by atoms with Crippen LogP contribution in [0.3, 0.4) is 0 Å². The molecule has 0 radical (unpaired) electrons. The molecule has 0 saturated heterocycles. The van der Waals surface area contributed by atoms with Crippen LogP contribution in [0.2, 0.25) is 0 Å². The summed E-state index contributed by atoms with van der Waals surface area (Å²) in [5.74, 6) is -0.483. The Hall–Kier alpha value is -1.88. The first kappa shape index (κ1) is 14.2. The van der Waals surface area contributed by atoms with E-state index < -0.39 is 0 Å². The number of nitrogens with two attached hydrogens (primary N) is 1. The largest absolute Gasteiger partial charge is 0.359 e. The van der Waals surface area contributed by atoms with E-state index in [2.05, 4.69) is 10.6 Å². The molecule has 1 unspecified atom stereocenters. The average Bonchev–Trinajstić information content (AvgIpc) is 2.39. The van der Waals surface area contributed by atoms with Gasteiger partial charge in [-0.1, -0.05) is 25.1 Å². The van der Waals surface area contributed by atoms with E-state index in [-0.39, 0.29) is 24.2 Å². The SMILES string of the molecule is CNC(=O)Cc1ccccc1NC(=O)C(C)CN. The second-order valence-electron chi connectivity index (χ2n) is 4.13. The highest BCUT2D eigenvalue weighted by Gasteiger charge is 2.13. The predicted octanol–water partition coefficient (Wildman–Crippen LogP) is 0.508. The highest BCUT2D eigenvalue weighted by molar-refractivity contribution is 5.94. The zero-order chi connectivity index (χ0) is 13.5. The summed E-state index contributed by atoms with van der Waals surface area (Å²) in [7, 11) is 1.58. The molecule has 1 aromatic rings. The Morgan fingerprint density at radius 2 is 2.00 bits per heavy atom. The van der Waals surface area contributed by atoms with E-state index in [1.807, 2.05) is 18.2 Å². The quantitative estimate of drug-likeness (QED) is 0.711.